The average Bonchev–Trinajstić information content (AvgIpc) is 2.19. The Morgan fingerprint density at radius 3 is 2.21 bits per heavy atom. The van der Waals surface area contributed by atoms with Gasteiger partial charge in [0.2, 0.25) is 0 Å². The van der Waals surface area contributed by atoms with Crippen molar-refractivity contribution < 1.29 is 15.3 Å². The standard InChI is InChI=1S/C11H16O3/c1-2-8-11(14,10(12)13)9-6-4-3-5-7-9/h3-7,10,12-14H,2,8H2,1H3. The topological polar surface area (TPSA) is 60.7 Å². The largest absolute Gasteiger partial charge is 0.380 e. The second-order valence-corrected chi connectivity index (χ2v) is 3.41. The summed E-state index contributed by atoms with van der Waals surface area (Å²) in [5, 5.41) is 28.4. The van der Waals surface area contributed by atoms with Crippen molar-refractivity contribution in [2.75, 3.05) is 0 Å². The second-order valence-electron chi connectivity index (χ2n) is 3.41. The van der Waals surface area contributed by atoms with E-state index >= 15 is 0 Å². The zero-order valence-electron chi connectivity index (χ0n) is 8.22. The first kappa shape index (κ1) is 11.2. The monoisotopic (exact) mass is 196 g/mol. The molecular weight excluding hydrogens is 180 g/mol. The molecule has 3 N–H and O–H groups in total. The molecule has 1 rings (SSSR count). The van der Waals surface area contributed by atoms with Crippen LogP contribution in [-0.2, 0) is 5.60 Å². The molecule has 0 aliphatic rings. The molecule has 0 spiro atoms. The lowest BCUT2D eigenvalue weighted by molar-refractivity contribution is -0.193. The SMILES string of the molecule is CCCC(O)(c1ccccc1)C(O)O. The smallest absolute Gasteiger partial charge is 0.185 e. The Labute approximate surface area is 83.6 Å². The Morgan fingerprint density at radius 1 is 1.21 bits per heavy atom. The van der Waals surface area contributed by atoms with Crippen LogP contribution in [-0.4, -0.2) is 21.6 Å². The summed E-state index contributed by atoms with van der Waals surface area (Å²) >= 11 is 0. The summed E-state index contributed by atoms with van der Waals surface area (Å²) in [6.07, 6.45) is -0.734. The van der Waals surface area contributed by atoms with Crippen LogP contribution in [0.15, 0.2) is 30.3 Å². The van der Waals surface area contributed by atoms with Gasteiger partial charge < -0.3 is 15.3 Å². The normalized spacial score (nSPS) is 15.5. The minimum atomic E-state index is -1.75. The molecular formula is C11H16O3. The molecule has 3 heteroatoms. The van der Waals surface area contributed by atoms with Gasteiger partial charge in [-0.05, 0) is 12.0 Å². The Hall–Kier alpha value is -0.900. The van der Waals surface area contributed by atoms with E-state index in [1.165, 1.54) is 0 Å². The van der Waals surface area contributed by atoms with E-state index in [-0.39, 0.29) is 0 Å². The van der Waals surface area contributed by atoms with Crippen LogP contribution in [0.4, 0.5) is 0 Å². The van der Waals surface area contributed by atoms with Gasteiger partial charge in [-0.25, -0.2) is 0 Å². The summed E-state index contributed by atoms with van der Waals surface area (Å²) in [7, 11) is 0. The highest BCUT2D eigenvalue weighted by molar-refractivity contribution is 5.22. The van der Waals surface area contributed by atoms with Crippen molar-refractivity contribution in [3.8, 4) is 0 Å². The summed E-state index contributed by atoms with van der Waals surface area (Å²) < 4.78 is 0. The van der Waals surface area contributed by atoms with Crippen LogP contribution >= 0.6 is 0 Å². The van der Waals surface area contributed by atoms with E-state index < -0.39 is 11.9 Å². The molecule has 0 radical (unpaired) electrons. The van der Waals surface area contributed by atoms with Crippen LogP contribution in [0, 0.1) is 0 Å². The van der Waals surface area contributed by atoms with Crippen molar-refractivity contribution in [2.45, 2.75) is 31.7 Å². The van der Waals surface area contributed by atoms with E-state index in [9.17, 15) is 5.11 Å². The fraction of sp³-hybridized carbons (Fsp3) is 0.455. The molecule has 0 aliphatic heterocycles. The minimum Gasteiger partial charge on any atom is -0.380 e. The van der Waals surface area contributed by atoms with Crippen molar-refractivity contribution >= 4 is 0 Å². The molecule has 0 bridgehead atoms. The lowest BCUT2D eigenvalue weighted by atomic mass is 9.89. The first-order chi connectivity index (χ1) is 6.61. The van der Waals surface area contributed by atoms with Gasteiger partial charge >= 0.3 is 0 Å². The zero-order valence-corrected chi connectivity index (χ0v) is 8.22. The van der Waals surface area contributed by atoms with Gasteiger partial charge in [0.05, 0.1) is 0 Å². The number of rotatable bonds is 4. The maximum absolute atomic E-state index is 10.1. The molecule has 0 fully saturated rings. The van der Waals surface area contributed by atoms with Gasteiger partial charge in [0.25, 0.3) is 0 Å². The predicted molar refractivity (Wildman–Crippen MR) is 53.5 cm³/mol. The molecule has 1 aromatic rings. The highest BCUT2D eigenvalue weighted by atomic mass is 16.5. The zero-order chi connectivity index (χ0) is 10.6. The lowest BCUT2D eigenvalue weighted by Crippen LogP contribution is -2.39. The van der Waals surface area contributed by atoms with Crippen LogP contribution < -0.4 is 0 Å². The van der Waals surface area contributed by atoms with Gasteiger partial charge in [-0.1, -0.05) is 43.7 Å². The number of aliphatic hydroxyl groups excluding tert-OH is 1. The molecule has 3 nitrogen and oxygen atoms in total. The maximum atomic E-state index is 10.1. The van der Waals surface area contributed by atoms with E-state index in [0.29, 0.717) is 18.4 Å². The Kier molecular flexibility index (Phi) is 3.63. The van der Waals surface area contributed by atoms with E-state index in [1.54, 1.807) is 24.3 Å². The third kappa shape index (κ3) is 2.12. The molecule has 1 atom stereocenters. The fourth-order valence-corrected chi connectivity index (χ4v) is 1.53. The van der Waals surface area contributed by atoms with Crippen molar-refractivity contribution in [1.29, 1.82) is 0 Å². The number of aliphatic hydroxyl groups is 3. The van der Waals surface area contributed by atoms with E-state index in [0.717, 1.165) is 0 Å². The third-order valence-corrected chi connectivity index (χ3v) is 2.33. The Balaban J connectivity index is 2.99. The van der Waals surface area contributed by atoms with Crippen molar-refractivity contribution in [2.24, 2.45) is 0 Å². The molecule has 0 aromatic heterocycles. The van der Waals surface area contributed by atoms with Gasteiger partial charge in [0.1, 0.15) is 5.60 Å². The van der Waals surface area contributed by atoms with Crippen LogP contribution in [0.3, 0.4) is 0 Å². The molecule has 1 aromatic carbocycles. The first-order valence-corrected chi connectivity index (χ1v) is 4.75. The highest BCUT2D eigenvalue weighted by Crippen LogP contribution is 2.28. The van der Waals surface area contributed by atoms with Crippen molar-refractivity contribution in [1.82, 2.24) is 0 Å². The lowest BCUT2D eigenvalue weighted by Gasteiger charge is -2.29. The van der Waals surface area contributed by atoms with Gasteiger partial charge in [-0.3, -0.25) is 0 Å². The summed E-state index contributed by atoms with van der Waals surface area (Å²) in [6.45, 7) is 1.89. The molecule has 0 saturated carbocycles. The maximum Gasteiger partial charge on any atom is 0.185 e. The number of hydrogen-bond donors (Lipinski definition) is 3. The van der Waals surface area contributed by atoms with Crippen molar-refractivity contribution in [3.05, 3.63) is 35.9 Å². The number of benzene rings is 1. The molecule has 78 valence electrons. The molecule has 0 amide bonds. The summed E-state index contributed by atoms with van der Waals surface area (Å²) in [5.74, 6) is 0. The molecule has 14 heavy (non-hydrogen) atoms. The van der Waals surface area contributed by atoms with E-state index in [1.807, 2.05) is 13.0 Å². The quantitative estimate of drug-likeness (QED) is 0.629. The minimum absolute atomic E-state index is 0.328. The summed E-state index contributed by atoms with van der Waals surface area (Å²) in [6, 6.07) is 8.72. The summed E-state index contributed by atoms with van der Waals surface area (Å²) in [4.78, 5) is 0. The van der Waals surface area contributed by atoms with Gasteiger partial charge in [-0.2, -0.15) is 0 Å². The highest BCUT2D eigenvalue weighted by Gasteiger charge is 2.35. The van der Waals surface area contributed by atoms with Gasteiger partial charge in [0, 0.05) is 0 Å². The van der Waals surface area contributed by atoms with Crippen LogP contribution in [0.5, 0.6) is 0 Å². The van der Waals surface area contributed by atoms with Crippen LogP contribution in [0.1, 0.15) is 25.3 Å². The average molecular weight is 196 g/mol. The van der Waals surface area contributed by atoms with Crippen molar-refractivity contribution in [3.63, 3.8) is 0 Å². The van der Waals surface area contributed by atoms with E-state index in [4.69, 9.17) is 10.2 Å². The molecule has 0 aliphatic carbocycles. The summed E-state index contributed by atoms with van der Waals surface area (Å²) in [5.41, 5.74) is -1.01. The van der Waals surface area contributed by atoms with Crippen LogP contribution in [0.2, 0.25) is 0 Å². The van der Waals surface area contributed by atoms with Crippen LogP contribution in [0.25, 0.3) is 0 Å². The predicted octanol–water partition coefficient (Wildman–Crippen LogP) is 0.985. The molecule has 1 unspecified atom stereocenters. The number of hydrogen-bond acceptors (Lipinski definition) is 3. The van der Waals surface area contributed by atoms with Gasteiger partial charge in [0.15, 0.2) is 6.29 Å². The fourth-order valence-electron chi connectivity index (χ4n) is 1.53. The molecule has 0 heterocycles. The Morgan fingerprint density at radius 2 is 1.79 bits per heavy atom. The third-order valence-electron chi connectivity index (χ3n) is 2.33. The first-order valence-electron chi connectivity index (χ1n) is 4.75. The van der Waals surface area contributed by atoms with Gasteiger partial charge in [-0.15, -0.1) is 0 Å². The second kappa shape index (κ2) is 4.55. The molecule has 0 saturated heterocycles. The van der Waals surface area contributed by atoms with E-state index in [2.05, 4.69) is 0 Å². The Bertz CT molecular complexity index is 271.